The van der Waals surface area contributed by atoms with Crippen LogP contribution in [0.3, 0.4) is 0 Å². The molecule has 1 atom stereocenters. The van der Waals surface area contributed by atoms with Gasteiger partial charge in [0.15, 0.2) is 0 Å². The number of carbonyl (C=O) groups excluding carboxylic acids is 1. The van der Waals surface area contributed by atoms with E-state index in [0.717, 1.165) is 38.9 Å². The first-order chi connectivity index (χ1) is 5.75. The second kappa shape index (κ2) is 2.62. The Labute approximate surface area is 72.1 Å². The average Bonchev–Trinajstić information content (AvgIpc) is 2.61. The smallest absolute Gasteiger partial charge is 0.315 e. The van der Waals surface area contributed by atoms with Crippen molar-refractivity contribution in [2.45, 2.75) is 24.8 Å². The minimum Gasteiger partial charge on any atom is -0.351 e. The number of nitrogens with two attached hydrogens (primary N) is 1. The molecule has 0 aromatic carbocycles. The van der Waals surface area contributed by atoms with E-state index in [4.69, 9.17) is 5.73 Å². The Bertz CT molecular complexity index is 193. The van der Waals surface area contributed by atoms with Crippen LogP contribution in [-0.4, -0.2) is 36.1 Å². The summed E-state index contributed by atoms with van der Waals surface area (Å²) in [5.41, 5.74) is 5.39. The van der Waals surface area contributed by atoms with Crippen molar-refractivity contribution < 1.29 is 4.79 Å². The monoisotopic (exact) mass is 169 g/mol. The van der Waals surface area contributed by atoms with Gasteiger partial charge >= 0.3 is 6.03 Å². The van der Waals surface area contributed by atoms with E-state index in [1.807, 2.05) is 4.90 Å². The molecule has 2 aliphatic heterocycles. The van der Waals surface area contributed by atoms with E-state index in [1.165, 1.54) is 0 Å². The molecule has 2 heterocycles. The molecule has 1 unspecified atom stereocenters. The van der Waals surface area contributed by atoms with Gasteiger partial charge in [0.1, 0.15) is 0 Å². The van der Waals surface area contributed by atoms with Crippen molar-refractivity contribution in [2.24, 2.45) is 5.73 Å². The van der Waals surface area contributed by atoms with Gasteiger partial charge in [-0.1, -0.05) is 0 Å². The Hall–Kier alpha value is -0.770. The third kappa shape index (κ3) is 0.982. The second-order valence-electron chi connectivity index (χ2n) is 3.74. The zero-order chi connectivity index (χ0) is 8.60. The lowest BCUT2D eigenvalue weighted by molar-refractivity contribution is 0.164. The van der Waals surface area contributed by atoms with Crippen LogP contribution in [0.4, 0.5) is 4.79 Å². The zero-order valence-corrected chi connectivity index (χ0v) is 7.18. The van der Waals surface area contributed by atoms with Crippen LogP contribution in [0, 0.1) is 0 Å². The van der Waals surface area contributed by atoms with Crippen LogP contribution >= 0.6 is 0 Å². The van der Waals surface area contributed by atoms with Crippen LogP contribution < -0.4 is 11.1 Å². The molecule has 4 nitrogen and oxygen atoms in total. The molecule has 0 saturated carbocycles. The molecule has 0 bridgehead atoms. The highest BCUT2D eigenvalue weighted by Crippen LogP contribution is 2.33. The molecule has 2 amide bonds. The Balaban J connectivity index is 2.17. The van der Waals surface area contributed by atoms with E-state index in [9.17, 15) is 4.79 Å². The minimum absolute atomic E-state index is 0.0752. The van der Waals surface area contributed by atoms with Crippen molar-refractivity contribution >= 4 is 6.03 Å². The van der Waals surface area contributed by atoms with Gasteiger partial charge in [0.2, 0.25) is 0 Å². The summed E-state index contributed by atoms with van der Waals surface area (Å²) in [7, 11) is 0. The van der Waals surface area contributed by atoms with Crippen LogP contribution in [0.15, 0.2) is 0 Å². The van der Waals surface area contributed by atoms with Gasteiger partial charge < -0.3 is 16.0 Å². The third-order valence-corrected chi connectivity index (χ3v) is 3.08. The quantitative estimate of drug-likeness (QED) is 0.531. The lowest BCUT2D eigenvalue weighted by Crippen LogP contribution is -2.50. The summed E-state index contributed by atoms with van der Waals surface area (Å²) >= 11 is 0. The lowest BCUT2D eigenvalue weighted by Gasteiger charge is -2.32. The number of nitrogens with one attached hydrogen (secondary N) is 1. The predicted molar refractivity (Wildman–Crippen MR) is 45.7 cm³/mol. The molecule has 2 saturated heterocycles. The summed E-state index contributed by atoms with van der Waals surface area (Å²) in [5.74, 6) is 0. The van der Waals surface area contributed by atoms with E-state index >= 15 is 0 Å². The highest BCUT2D eigenvalue weighted by Gasteiger charge is 2.44. The second-order valence-corrected chi connectivity index (χ2v) is 3.74. The van der Waals surface area contributed by atoms with E-state index in [0.29, 0.717) is 0 Å². The van der Waals surface area contributed by atoms with Gasteiger partial charge in [-0.15, -0.1) is 0 Å². The van der Waals surface area contributed by atoms with Crippen molar-refractivity contribution in [3.63, 3.8) is 0 Å². The van der Waals surface area contributed by atoms with Crippen LogP contribution in [0.2, 0.25) is 0 Å². The molecule has 68 valence electrons. The Kier molecular flexibility index (Phi) is 1.72. The molecular formula is C8H15N3O. The summed E-state index contributed by atoms with van der Waals surface area (Å²) in [6.45, 7) is 2.79. The van der Waals surface area contributed by atoms with Crippen LogP contribution in [0.25, 0.3) is 0 Å². The fraction of sp³-hybridized carbons (Fsp3) is 0.875. The van der Waals surface area contributed by atoms with Crippen LogP contribution in [0.1, 0.15) is 19.3 Å². The molecule has 12 heavy (non-hydrogen) atoms. The first kappa shape index (κ1) is 7.86. The predicted octanol–water partition coefficient (Wildman–Crippen LogP) is -0.107. The van der Waals surface area contributed by atoms with Crippen molar-refractivity contribution in [3.8, 4) is 0 Å². The Morgan fingerprint density at radius 2 is 2.33 bits per heavy atom. The standard InChI is InChI=1S/C8H15N3O/c9-7(12)11-5-1-2-8(11)3-4-10-6-8/h10H,1-6H2,(H2,9,12). The number of primary amides is 1. The molecule has 0 aromatic rings. The zero-order valence-electron chi connectivity index (χ0n) is 7.18. The van der Waals surface area contributed by atoms with Crippen LogP contribution in [-0.2, 0) is 0 Å². The Morgan fingerprint density at radius 1 is 1.50 bits per heavy atom. The number of rotatable bonds is 0. The molecule has 1 spiro atoms. The first-order valence-corrected chi connectivity index (χ1v) is 4.52. The molecule has 0 aliphatic carbocycles. The van der Waals surface area contributed by atoms with Crippen molar-refractivity contribution in [2.75, 3.05) is 19.6 Å². The molecular weight excluding hydrogens is 154 g/mol. The summed E-state index contributed by atoms with van der Waals surface area (Å²) in [4.78, 5) is 12.9. The van der Waals surface area contributed by atoms with Crippen LogP contribution in [0.5, 0.6) is 0 Å². The van der Waals surface area contributed by atoms with Crippen molar-refractivity contribution in [3.05, 3.63) is 0 Å². The molecule has 2 fully saturated rings. The van der Waals surface area contributed by atoms with Gasteiger partial charge in [0, 0.05) is 13.1 Å². The lowest BCUT2D eigenvalue weighted by atomic mass is 9.95. The highest BCUT2D eigenvalue weighted by molar-refractivity contribution is 5.73. The number of carbonyl (C=O) groups is 1. The summed E-state index contributed by atoms with van der Waals surface area (Å²) in [6.07, 6.45) is 3.28. The normalized spacial score (nSPS) is 34.8. The average molecular weight is 169 g/mol. The van der Waals surface area contributed by atoms with Crippen molar-refractivity contribution in [1.29, 1.82) is 0 Å². The van der Waals surface area contributed by atoms with Gasteiger partial charge in [-0.3, -0.25) is 0 Å². The number of likely N-dealkylation sites (tertiary alicyclic amines) is 1. The molecule has 2 aliphatic rings. The largest absolute Gasteiger partial charge is 0.351 e. The molecule has 4 heteroatoms. The van der Waals surface area contributed by atoms with E-state index in [-0.39, 0.29) is 11.6 Å². The number of urea groups is 1. The minimum atomic E-state index is -0.254. The maximum atomic E-state index is 11.1. The van der Waals surface area contributed by atoms with E-state index < -0.39 is 0 Å². The maximum Gasteiger partial charge on any atom is 0.315 e. The Morgan fingerprint density at radius 3 is 2.92 bits per heavy atom. The molecule has 0 aromatic heterocycles. The van der Waals surface area contributed by atoms with E-state index in [1.54, 1.807) is 0 Å². The topological polar surface area (TPSA) is 58.4 Å². The number of amides is 2. The number of nitrogens with zero attached hydrogens (tertiary/aromatic N) is 1. The molecule has 3 N–H and O–H groups in total. The highest BCUT2D eigenvalue weighted by atomic mass is 16.2. The summed E-state index contributed by atoms with van der Waals surface area (Å²) in [6, 6.07) is -0.254. The number of hydrogen-bond donors (Lipinski definition) is 2. The SMILES string of the molecule is NC(=O)N1CCCC12CCNC2. The van der Waals surface area contributed by atoms with Gasteiger partial charge in [-0.05, 0) is 25.8 Å². The van der Waals surface area contributed by atoms with Crippen molar-refractivity contribution in [1.82, 2.24) is 10.2 Å². The third-order valence-electron chi connectivity index (χ3n) is 3.08. The van der Waals surface area contributed by atoms with Gasteiger partial charge in [0.25, 0.3) is 0 Å². The fourth-order valence-corrected chi connectivity index (χ4v) is 2.46. The molecule has 2 rings (SSSR count). The fourth-order valence-electron chi connectivity index (χ4n) is 2.46. The summed E-state index contributed by atoms with van der Waals surface area (Å²) in [5, 5.41) is 3.29. The van der Waals surface area contributed by atoms with Gasteiger partial charge in [-0.2, -0.15) is 0 Å². The molecule has 0 radical (unpaired) electrons. The first-order valence-electron chi connectivity index (χ1n) is 4.52. The summed E-state index contributed by atoms with van der Waals surface area (Å²) < 4.78 is 0. The van der Waals surface area contributed by atoms with E-state index in [2.05, 4.69) is 5.32 Å². The van der Waals surface area contributed by atoms with Gasteiger partial charge in [0.05, 0.1) is 5.54 Å². The maximum absolute atomic E-state index is 11.1. The van der Waals surface area contributed by atoms with Gasteiger partial charge in [-0.25, -0.2) is 4.79 Å². The number of hydrogen-bond acceptors (Lipinski definition) is 2.